The number of benzene rings is 1. The smallest absolute Gasteiger partial charge is 0.319 e. The molecule has 0 N–H and O–H groups in total. The summed E-state index contributed by atoms with van der Waals surface area (Å²) in [6.07, 6.45) is 6.23. The monoisotopic (exact) mass is 243 g/mol. The minimum atomic E-state index is -0.310. The molecule has 1 fully saturated rings. The average Bonchev–Trinajstić information content (AvgIpc) is 2.91. The first-order valence-electron chi connectivity index (χ1n) is 6.63. The lowest BCUT2D eigenvalue weighted by Gasteiger charge is -2.21. The number of rotatable bonds is 2. The molecule has 0 radical (unpaired) electrons. The summed E-state index contributed by atoms with van der Waals surface area (Å²) in [7, 11) is 0. The van der Waals surface area contributed by atoms with Crippen LogP contribution in [0.2, 0.25) is 0 Å². The highest BCUT2D eigenvalue weighted by atomic mass is 16.5. The first kappa shape index (κ1) is 11.5. The van der Waals surface area contributed by atoms with Gasteiger partial charge in [-0.15, -0.1) is 0 Å². The van der Waals surface area contributed by atoms with Crippen molar-refractivity contribution in [2.24, 2.45) is 4.99 Å². The standard InChI is InChI=1S/C15H17NO2/c17-15(18-12-6-2-3-7-12)14-10-16-9-11-5-1-4-8-13(11)14/h1,4-5,8,10,12,14H,2-3,6-7,9H2. The topological polar surface area (TPSA) is 38.7 Å². The van der Waals surface area contributed by atoms with Gasteiger partial charge in [-0.3, -0.25) is 9.79 Å². The predicted octanol–water partition coefficient (Wildman–Crippen LogP) is 2.84. The number of carbonyl (C=O) groups is 1. The molecule has 94 valence electrons. The van der Waals surface area contributed by atoms with E-state index in [0.717, 1.165) is 24.0 Å². The molecule has 0 amide bonds. The minimum absolute atomic E-state index is 0.125. The van der Waals surface area contributed by atoms with E-state index >= 15 is 0 Å². The fourth-order valence-electron chi connectivity index (χ4n) is 2.75. The summed E-state index contributed by atoms with van der Waals surface area (Å²) in [5, 5.41) is 0. The number of hydrogen-bond acceptors (Lipinski definition) is 3. The highest BCUT2D eigenvalue weighted by Gasteiger charge is 2.28. The molecule has 3 nitrogen and oxygen atoms in total. The van der Waals surface area contributed by atoms with Gasteiger partial charge in [0, 0.05) is 6.21 Å². The van der Waals surface area contributed by atoms with Gasteiger partial charge in [-0.2, -0.15) is 0 Å². The molecule has 0 saturated heterocycles. The van der Waals surface area contributed by atoms with Gasteiger partial charge in [0.15, 0.2) is 0 Å². The van der Waals surface area contributed by atoms with Crippen LogP contribution in [0.5, 0.6) is 0 Å². The Balaban J connectivity index is 1.77. The van der Waals surface area contributed by atoms with Gasteiger partial charge in [0.2, 0.25) is 0 Å². The third-order valence-electron chi connectivity index (χ3n) is 3.75. The van der Waals surface area contributed by atoms with Crippen LogP contribution in [-0.4, -0.2) is 18.3 Å². The van der Waals surface area contributed by atoms with Gasteiger partial charge in [-0.1, -0.05) is 24.3 Å². The lowest BCUT2D eigenvalue weighted by atomic mass is 9.93. The Morgan fingerprint density at radius 2 is 2.00 bits per heavy atom. The maximum atomic E-state index is 12.2. The Morgan fingerprint density at radius 1 is 1.22 bits per heavy atom. The largest absolute Gasteiger partial charge is 0.462 e. The molecule has 1 atom stereocenters. The molecular weight excluding hydrogens is 226 g/mol. The van der Waals surface area contributed by atoms with Crippen LogP contribution in [0, 0.1) is 0 Å². The lowest BCUT2D eigenvalue weighted by molar-refractivity contribution is -0.148. The first-order chi connectivity index (χ1) is 8.84. The van der Waals surface area contributed by atoms with Crippen LogP contribution >= 0.6 is 0 Å². The van der Waals surface area contributed by atoms with Crippen molar-refractivity contribution in [3.8, 4) is 0 Å². The van der Waals surface area contributed by atoms with Gasteiger partial charge in [-0.25, -0.2) is 0 Å². The van der Waals surface area contributed by atoms with E-state index in [1.165, 1.54) is 12.8 Å². The van der Waals surface area contributed by atoms with Crippen molar-refractivity contribution < 1.29 is 9.53 Å². The molecule has 1 aromatic carbocycles. The van der Waals surface area contributed by atoms with Crippen molar-refractivity contribution in [3.05, 3.63) is 35.4 Å². The summed E-state index contributed by atoms with van der Waals surface area (Å²) in [4.78, 5) is 16.5. The van der Waals surface area contributed by atoms with Crippen LogP contribution in [0.3, 0.4) is 0 Å². The molecule has 1 aromatic rings. The van der Waals surface area contributed by atoms with Crippen LogP contribution in [0.1, 0.15) is 42.7 Å². The molecular formula is C15H17NO2. The molecule has 0 bridgehead atoms. The highest BCUT2D eigenvalue weighted by Crippen LogP contribution is 2.27. The van der Waals surface area contributed by atoms with Crippen molar-refractivity contribution in [1.82, 2.24) is 0 Å². The second-order valence-corrected chi connectivity index (χ2v) is 5.01. The van der Waals surface area contributed by atoms with E-state index in [4.69, 9.17) is 4.74 Å². The zero-order chi connectivity index (χ0) is 12.4. The third-order valence-corrected chi connectivity index (χ3v) is 3.75. The van der Waals surface area contributed by atoms with Gasteiger partial charge in [-0.05, 0) is 36.8 Å². The fraction of sp³-hybridized carbons (Fsp3) is 0.467. The average molecular weight is 243 g/mol. The summed E-state index contributed by atoms with van der Waals surface area (Å²) >= 11 is 0. The normalized spacial score (nSPS) is 22.8. The van der Waals surface area contributed by atoms with Crippen LogP contribution < -0.4 is 0 Å². The quantitative estimate of drug-likeness (QED) is 0.749. The summed E-state index contributed by atoms with van der Waals surface area (Å²) in [5.74, 6) is -0.451. The number of nitrogens with zero attached hydrogens (tertiary/aromatic N) is 1. The molecule has 1 heterocycles. The van der Waals surface area contributed by atoms with Gasteiger partial charge in [0.25, 0.3) is 0 Å². The lowest BCUT2D eigenvalue weighted by Crippen LogP contribution is -2.24. The predicted molar refractivity (Wildman–Crippen MR) is 69.7 cm³/mol. The van der Waals surface area contributed by atoms with Crippen molar-refractivity contribution in [1.29, 1.82) is 0 Å². The number of ether oxygens (including phenoxy) is 1. The van der Waals surface area contributed by atoms with Gasteiger partial charge in [0.05, 0.1) is 6.54 Å². The third kappa shape index (κ3) is 2.17. The minimum Gasteiger partial charge on any atom is -0.462 e. The second-order valence-electron chi connectivity index (χ2n) is 5.01. The van der Waals surface area contributed by atoms with E-state index in [0.29, 0.717) is 6.54 Å². The molecule has 1 saturated carbocycles. The Labute approximate surface area is 107 Å². The van der Waals surface area contributed by atoms with Crippen LogP contribution in [0.4, 0.5) is 0 Å². The molecule has 1 unspecified atom stereocenters. The molecule has 2 aliphatic rings. The van der Waals surface area contributed by atoms with Crippen LogP contribution in [0.15, 0.2) is 29.3 Å². The Bertz CT molecular complexity index is 475. The summed E-state index contributed by atoms with van der Waals surface area (Å²) in [6.45, 7) is 0.670. The molecule has 18 heavy (non-hydrogen) atoms. The summed E-state index contributed by atoms with van der Waals surface area (Å²) in [6, 6.07) is 7.98. The number of fused-ring (bicyclic) bond motifs is 1. The highest BCUT2D eigenvalue weighted by molar-refractivity contribution is 5.97. The van der Waals surface area contributed by atoms with Crippen LogP contribution in [-0.2, 0) is 16.1 Å². The maximum Gasteiger partial charge on any atom is 0.319 e. The molecule has 1 aliphatic carbocycles. The number of carbonyl (C=O) groups excluding carboxylic acids is 1. The SMILES string of the molecule is O=C(OC1CCCC1)C1C=NCc2ccccc21. The van der Waals surface area contributed by atoms with E-state index in [2.05, 4.69) is 4.99 Å². The molecule has 3 rings (SSSR count). The van der Waals surface area contributed by atoms with Gasteiger partial charge < -0.3 is 4.74 Å². The molecule has 0 spiro atoms. The number of hydrogen-bond donors (Lipinski definition) is 0. The van der Waals surface area contributed by atoms with Crippen LogP contribution in [0.25, 0.3) is 0 Å². The van der Waals surface area contributed by atoms with E-state index in [1.54, 1.807) is 6.21 Å². The van der Waals surface area contributed by atoms with E-state index in [1.807, 2.05) is 24.3 Å². The number of aliphatic imine (C=N–C) groups is 1. The first-order valence-corrected chi connectivity index (χ1v) is 6.63. The van der Waals surface area contributed by atoms with Crippen molar-refractivity contribution in [2.45, 2.75) is 44.2 Å². The van der Waals surface area contributed by atoms with Gasteiger partial charge >= 0.3 is 5.97 Å². The molecule has 1 aliphatic heterocycles. The van der Waals surface area contributed by atoms with Crippen molar-refractivity contribution >= 4 is 12.2 Å². The Kier molecular flexibility index (Phi) is 3.13. The Morgan fingerprint density at radius 3 is 2.83 bits per heavy atom. The zero-order valence-corrected chi connectivity index (χ0v) is 10.3. The van der Waals surface area contributed by atoms with Gasteiger partial charge in [0.1, 0.15) is 12.0 Å². The van der Waals surface area contributed by atoms with E-state index in [-0.39, 0.29) is 18.0 Å². The second kappa shape index (κ2) is 4.92. The van der Waals surface area contributed by atoms with Crippen molar-refractivity contribution in [3.63, 3.8) is 0 Å². The zero-order valence-electron chi connectivity index (χ0n) is 10.3. The summed E-state index contributed by atoms with van der Waals surface area (Å²) in [5.41, 5.74) is 2.18. The number of esters is 1. The Hall–Kier alpha value is -1.64. The van der Waals surface area contributed by atoms with Crippen molar-refractivity contribution in [2.75, 3.05) is 0 Å². The van der Waals surface area contributed by atoms with E-state index in [9.17, 15) is 4.79 Å². The molecule has 3 heteroatoms. The summed E-state index contributed by atoms with van der Waals surface area (Å²) < 4.78 is 5.58. The fourth-order valence-corrected chi connectivity index (χ4v) is 2.75. The molecule has 0 aromatic heterocycles. The van der Waals surface area contributed by atoms with E-state index < -0.39 is 0 Å². The maximum absolute atomic E-state index is 12.2.